The van der Waals surface area contributed by atoms with Crippen molar-refractivity contribution in [2.45, 2.75) is 68.7 Å². The van der Waals surface area contributed by atoms with Crippen LogP contribution in [0, 0.1) is 10.8 Å². The Morgan fingerprint density at radius 2 is 1.69 bits per heavy atom. The quantitative estimate of drug-likeness (QED) is 0.581. The zero-order chi connectivity index (χ0) is 23.0. The maximum atomic E-state index is 13.2. The van der Waals surface area contributed by atoms with Gasteiger partial charge in [-0.3, -0.25) is 4.79 Å². The predicted molar refractivity (Wildman–Crippen MR) is 121 cm³/mol. The van der Waals surface area contributed by atoms with Gasteiger partial charge in [0.05, 0.1) is 17.0 Å². The Hall–Kier alpha value is -1.93. The lowest BCUT2D eigenvalue weighted by molar-refractivity contribution is -0.129. The molecule has 8 heteroatoms. The van der Waals surface area contributed by atoms with Crippen molar-refractivity contribution in [3.05, 3.63) is 36.2 Å². The number of hydrogen-bond acceptors (Lipinski definition) is 5. The van der Waals surface area contributed by atoms with E-state index in [1.54, 1.807) is 24.3 Å². The second-order valence-electron chi connectivity index (χ2n) is 10.3. The van der Waals surface area contributed by atoms with E-state index in [-0.39, 0.29) is 46.1 Å². The van der Waals surface area contributed by atoms with Gasteiger partial charge in [0.25, 0.3) is 0 Å². The molecule has 2 bridgehead atoms. The van der Waals surface area contributed by atoms with Gasteiger partial charge in [-0.2, -0.15) is 0 Å². The molecule has 0 spiro atoms. The van der Waals surface area contributed by atoms with E-state index < -0.39 is 9.84 Å². The van der Waals surface area contributed by atoms with Gasteiger partial charge in [-0.15, -0.1) is 0 Å². The summed E-state index contributed by atoms with van der Waals surface area (Å²) in [4.78, 5) is 12.8. The number of benzene rings is 1. The standard InChI is InChI=1S/C24H33FN2O4S/c1-22(6-7-22)21(28)27-24-11-8-23(9-12-24,10-13-24)17-32(29,30)20-4-2-19(3-5-20)31-16-18(14-25)15-26/h2-5,14H,6-13,15-17,26H2,1H3,(H,27,28)/b18-14+. The molecule has 3 N–H and O–H groups in total. The van der Waals surface area contributed by atoms with Crippen LogP contribution in [0.25, 0.3) is 0 Å². The first-order valence-electron chi connectivity index (χ1n) is 11.4. The first-order chi connectivity index (χ1) is 15.1. The number of carbonyl (C=O) groups excluding carboxylic acids is 1. The van der Waals surface area contributed by atoms with Crippen LogP contribution < -0.4 is 15.8 Å². The first-order valence-corrected chi connectivity index (χ1v) is 13.1. The van der Waals surface area contributed by atoms with Gasteiger partial charge in [-0.05, 0) is 81.0 Å². The third-order valence-electron chi connectivity index (χ3n) is 7.85. The third-order valence-corrected chi connectivity index (χ3v) is 9.83. The molecule has 5 rings (SSSR count). The molecule has 0 aromatic heterocycles. The van der Waals surface area contributed by atoms with Gasteiger partial charge in [0, 0.05) is 23.1 Å². The fraction of sp³-hybridized carbons (Fsp3) is 0.625. The Labute approximate surface area is 189 Å². The Morgan fingerprint density at radius 3 is 2.19 bits per heavy atom. The number of nitrogens with one attached hydrogen (secondary N) is 1. The van der Waals surface area contributed by atoms with E-state index in [9.17, 15) is 17.6 Å². The molecule has 4 saturated carbocycles. The van der Waals surface area contributed by atoms with Gasteiger partial charge < -0.3 is 15.8 Å². The molecular formula is C24H33FN2O4S. The molecule has 1 aromatic carbocycles. The molecule has 0 unspecified atom stereocenters. The highest BCUT2D eigenvalue weighted by Crippen LogP contribution is 2.54. The van der Waals surface area contributed by atoms with Gasteiger partial charge in [0.15, 0.2) is 9.84 Å². The number of amides is 1. The largest absolute Gasteiger partial charge is 0.489 e. The van der Waals surface area contributed by atoms with Crippen molar-refractivity contribution in [3.63, 3.8) is 0 Å². The fourth-order valence-electron chi connectivity index (χ4n) is 5.01. The molecule has 4 fully saturated rings. The van der Waals surface area contributed by atoms with Gasteiger partial charge >= 0.3 is 0 Å². The normalized spacial score (nSPS) is 28.9. The second-order valence-corrected chi connectivity index (χ2v) is 12.3. The lowest BCUT2D eigenvalue weighted by Gasteiger charge is -2.53. The summed E-state index contributed by atoms with van der Waals surface area (Å²) >= 11 is 0. The van der Waals surface area contributed by atoms with E-state index in [4.69, 9.17) is 10.5 Å². The van der Waals surface area contributed by atoms with Crippen molar-refractivity contribution in [2.24, 2.45) is 16.6 Å². The molecule has 0 heterocycles. The minimum Gasteiger partial charge on any atom is -0.489 e. The SMILES string of the molecule is CC1(C(=O)NC23CCC(CS(=O)(=O)c4ccc(OC/C(=C/F)CN)cc4)(CC2)CC3)CC1. The van der Waals surface area contributed by atoms with Crippen LogP contribution in [0.1, 0.15) is 58.3 Å². The minimum absolute atomic E-state index is 0.0274. The zero-order valence-corrected chi connectivity index (χ0v) is 19.5. The summed E-state index contributed by atoms with van der Waals surface area (Å²) in [7, 11) is -3.45. The van der Waals surface area contributed by atoms with E-state index in [2.05, 4.69) is 5.32 Å². The molecule has 176 valence electrons. The minimum atomic E-state index is -3.45. The monoisotopic (exact) mass is 464 g/mol. The summed E-state index contributed by atoms with van der Waals surface area (Å²) in [5, 5.41) is 3.33. The van der Waals surface area contributed by atoms with Crippen LogP contribution in [-0.4, -0.2) is 38.8 Å². The average Bonchev–Trinajstić information content (AvgIpc) is 3.54. The van der Waals surface area contributed by atoms with Crippen molar-refractivity contribution < 1.29 is 22.3 Å². The number of carbonyl (C=O) groups is 1. The molecule has 6 nitrogen and oxygen atoms in total. The van der Waals surface area contributed by atoms with Crippen LogP contribution in [0.3, 0.4) is 0 Å². The summed E-state index contributed by atoms with van der Waals surface area (Å²) in [5.74, 6) is 0.765. The number of halogens is 1. The molecule has 0 aliphatic heterocycles. The van der Waals surface area contributed by atoms with Crippen molar-refractivity contribution in [1.29, 1.82) is 0 Å². The third kappa shape index (κ3) is 4.71. The summed E-state index contributed by atoms with van der Waals surface area (Å²) in [6.07, 6.45) is 7.36. The fourth-order valence-corrected chi connectivity index (χ4v) is 6.97. The van der Waals surface area contributed by atoms with Crippen LogP contribution in [0.15, 0.2) is 41.1 Å². The second kappa shape index (κ2) is 8.45. The van der Waals surface area contributed by atoms with E-state index >= 15 is 0 Å². The van der Waals surface area contributed by atoms with Gasteiger partial charge in [0.1, 0.15) is 12.4 Å². The molecule has 4 aliphatic rings. The number of sulfone groups is 1. The zero-order valence-electron chi connectivity index (χ0n) is 18.7. The summed E-state index contributed by atoms with van der Waals surface area (Å²) in [6.45, 7) is 2.11. The Balaban J connectivity index is 1.36. The Bertz CT molecular complexity index is 975. The Kier molecular flexibility index (Phi) is 6.13. The smallest absolute Gasteiger partial charge is 0.226 e. The predicted octanol–water partition coefficient (Wildman–Crippen LogP) is 3.66. The van der Waals surface area contributed by atoms with Crippen LogP contribution in [-0.2, 0) is 14.6 Å². The van der Waals surface area contributed by atoms with Crippen molar-refractivity contribution >= 4 is 15.7 Å². The molecule has 4 aliphatic carbocycles. The number of ether oxygens (including phenoxy) is 1. The molecule has 0 atom stereocenters. The van der Waals surface area contributed by atoms with Crippen LogP contribution in [0.4, 0.5) is 4.39 Å². The summed E-state index contributed by atoms with van der Waals surface area (Å²) < 4.78 is 44.4. The van der Waals surface area contributed by atoms with Gasteiger partial charge in [-0.1, -0.05) is 6.92 Å². The highest BCUT2D eigenvalue weighted by atomic mass is 32.2. The van der Waals surface area contributed by atoms with E-state index in [0.717, 1.165) is 51.4 Å². The van der Waals surface area contributed by atoms with E-state index in [1.807, 2.05) is 6.92 Å². The van der Waals surface area contributed by atoms with Crippen molar-refractivity contribution in [1.82, 2.24) is 5.32 Å². The highest BCUT2D eigenvalue weighted by Gasteiger charge is 2.53. The Morgan fingerprint density at radius 1 is 1.09 bits per heavy atom. The topological polar surface area (TPSA) is 98.5 Å². The number of fused-ring (bicyclic) bond motifs is 3. The number of rotatable bonds is 9. The van der Waals surface area contributed by atoms with Crippen molar-refractivity contribution in [2.75, 3.05) is 18.9 Å². The van der Waals surface area contributed by atoms with Crippen LogP contribution in [0.5, 0.6) is 5.75 Å². The molecule has 32 heavy (non-hydrogen) atoms. The average molecular weight is 465 g/mol. The van der Waals surface area contributed by atoms with E-state index in [0.29, 0.717) is 17.7 Å². The number of nitrogens with two attached hydrogens (primary N) is 1. The summed E-state index contributed by atoms with van der Waals surface area (Å²) in [6, 6.07) is 6.29. The van der Waals surface area contributed by atoms with Crippen LogP contribution in [0.2, 0.25) is 0 Å². The molecule has 0 radical (unpaired) electrons. The van der Waals surface area contributed by atoms with Gasteiger partial charge in [-0.25, -0.2) is 12.8 Å². The molecule has 1 amide bonds. The lowest BCUT2D eigenvalue weighted by Crippen LogP contribution is -2.58. The maximum Gasteiger partial charge on any atom is 0.226 e. The molecule has 1 aromatic rings. The molecular weight excluding hydrogens is 431 g/mol. The first kappa shape index (κ1) is 23.2. The maximum absolute atomic E-state index is 13.2. The lowest BCUT2D eigenvalue weighted by atomic mass is 9.58. The highest BCUT2D eigenvalue weighted by molar-refractivity contribution is 7.91. The van der Waals surface area contributed by atoms with Crippen molar-refractivity contribution in [3.8, 4) is 5.75 Å². The van der Waals surface area contributed by atoms with Gasteiger partial charge in [0.2, 0.25) is 5.91 Å². The van der Waals surface area contributed by atoms with Crippen LogP contribution >= 0.6 is 0 Å². The molecule has 0 saturated heterocycles. The van der Waals surface area contributed by atoms with E-state index in [1.165, 1.54) is 0 Å². The number of hydrogen-bond donors (Lipinski definition) is 2. The summed E-state index contributed by atoms with van der Waals surface area (Å²) in [5.41, 5.74) is 5.19.